The van der Waals surface area contributed by atoms with E-state index in [1.807, 2.05) is 7.05 Å². The summed E-state index contributed by atoms with van der Waals surface area (Å²) in [5.41, 5.74) is 9.93. The molecular weight excluding hydrogens is 250 g/mol. The molecule has 1 heterocycles. The molecule has 0 radical (unpaired) electrons. The first-order chi connectivity index (χ1) is 8.99. The van der Waals surface area contributed by atoms with E-state index in [0.717, 1.165) is 0 Å². The van der Waals surface area contributed by atoms with Gasteiger partial charge in [-0.2, -0.15) is 11.3 Å². The second-order valence-corrected chi connectivity index (χ2v) is 6.10. The Morgan fingerprint density at radius 1 is 0.895 bits per heavy atom. The lowest BCUT2D eigenvalue weighted by Gasteiger charge is -2.25. The molecule has 19 heavy (non-hydrogen) atoms. The number of nitrogens with one attached hydrogen (secondary N) is 1. The maximum Gasteiger partial charge on any atom is 0.0587 e. The third kappa shape index (κ3) is 2.35. The predicted molar refractivity (Wildman–Crippen MR) is 85.3 cm³/mol. The van der Waals surface area contributed by atoms with E-state index in [1.165, 1.54) is 38.9 Å². The first-order valence-electron chi connectivity index (χ1n) is 6.75. The van der Waals surface area contributed by atoms with Gasteiger partial charge in [0, 0.05) is 0 Å². The number of rotatable bonds is 3. The van der Waals surface area contributed by atoms with Crippen LogP contribution in [0.1, 0.15) is 45.0 Å². The van der Waals surface area contributed by atoms with Crippen LogP contribution >= 0.6 is 11.3 Å². The van der Waals surface area contributed by atoms with Crippen molar-refractivity contribution in [3.63, 3.8) is 0 Å². The molecule has 0 fully saturated rings. The number of hydrogen-bond donors (Lipinski definition) is 1. The summed E-state index contributed by atoms with van der Waals surface area (Å²) in [5, 5.41) is 7.87. The largest absolute Gasteiger partial charge is 0.309 e. The molecule has 0 bridgehead atoms. The van der Waals surface area contributed by atoms with Crippen molar-refractivity contribution in [1.82, 2.24) is 5.32 Å². The lowest BCUT2D eigenvalue weighted by atomic mass is 9.85. The van der Waals surface area contributed by atoms with E-state index < -0.39 is 0 Å². The Hall–Kier alpha value is -1.12. The van der Waals surface area contributed by atoms with Crippen LogP contribution < -0.4 is 5.32 Å². The Balaban J connectivity index is 2.68. The molecule has 2 heteroatoms. The maximum absolute atomic E-state index is 3.48. The van der Waals surface area contributed by atoms with Gasteiger partial charge in [0.25, 0.3) is 0 Å². The fourth-order valence-electron chi connectivity index (χ4n) is 2.88. The van der Waals surface area contributed by atoms with E-state index in [1.54, 1.807) is 11.3 Å². The molecule has 1 aromatic heterocycles. The molecular formula is C17H23NS. The van der Waals surface area contributed by atoms with Gasteiger partial charge < -0.3 is 5.32 Å². The van der Waals surface area contributed by atoms with Gasteiger partial charge >= 0.3 is 0 Å². The summed E-state index contributed by atoms with van der Waals surface area (Å²) in [4.78, 5) is 0. The topological polar surface area (TPSA) is 12.0 Å². The molecule has 2 aromatic rings. The Labute approximate surface area is 120 Å². The zero-order valence-corrected chi connectivity index (χ0v) is 13.5. The van der Waals surface area contributed by atoms with Gasteiger partial charge in [0.1, 0.15) is 0 Å². The van der Waals surface area contributed by atoms with E-state index >= 15 is 0 Å². The van der Waals surface area contributed by atoms with Crippen molar-refractivity contribution in [2.45, 2.75) is 40.7 Å². The van der Waals surface area contributed by atoms with Crippen LogP contribution in [0.15, 0.2) is 16.8 Å². The van der Waals surface area contributed by atoms with E-state index in [-0.39, 0.29) is 0 Å². The summed E-state index contributed by atoms with van der Waals surface area (Å²) in [5.74, 6) is 0. The highest BCUT2D eigenvalue weighted by Gasteiger charge is 2.20. The number of thiophene rings is 1. The average Bonchev–Trinajstić information content (AvgIpc) is 2.93. The summed E-state index contributed by atoms with van der Waals surface area (Å²) in [6, 6.07) is 2.51. The lowest BCUT2D eigenvalue weighted by Crippen LogP contribution is -2.20. The van der Waals surface area contributed by atoms with Gasteiger partial charge in [-0.15, -0.1) is 0 Å². The maximum atomic E-state index is 3.48. The zero-order valence-electron chi connectivity index (χ0n) is 12.7. The van der Waals surface area contributed by atoms with Gasteiger partial charge in [0.2, 0.25) is 0 Å². The summed E-state index contributed by atoms with van der Waals surface area (Å²) in [6.45, 7) is 11.2. The molecule has 1 aromatic carbocycles. The van der Waals surface area contributed by atoms with Crippen LogP contribution in [0.3, 0.4) is 0 Å². The Kier molecular flexibility index (Phi) is 4.12. The molecule has 0 saturated heterocycles. The van der Waals surface area contributed by atoms with E-state index in [9.17, 15) is 0 Å². The first-order valence-corrected chi connectivity index (χ1v) is 7.69. The summed E-state index contributed by atoms with van der Waals surface area (Å²) < 4.78 is 0. The molecule has 0 aliphatic heterocycles. The first kappa shape index (κ1) is 14.3. The van der Waals surface area contributed by atoms with Crippen LogP contribution in [-0.4, -0.2) is 7.05 Å². The average molecular weight is 273 g/mol. The van der Waals surface area contributed by atoms with Gasteiger partial charge in [0.05, 0.1) is 6.04 Å². The van der Waals surface area contributed by atoms with Crippen LogP contribution in [0.4, 0.5) is 0 Å². The molecule has 1 N–H and O–H groups in total. The highest BCUT2D eigenvalue weighted by Crippen LogP contribution is 2.34. The monoisotopic (exact) mass is 273 g/mol. The molecule has 1 unspecified atom stereocenters. The molecule has 2 rings (SSSR count). The quantitative estimate of drug-likeness (QED) is 0.862. The number of hydrogen-bond acceptors (Lipinski definition) is 2. The zero-order chi connectivity index (χ0) is 14.2. The van der Waals surface area contributed by atoms with Crippen molar-refractivity contribution in [3.8, 4) is 0 Å². The van der Waals surface area contributed by atoms with Gasteiger partial charge in [-0.1, -0.05) is 0 Å². The smallest absolute Gasteiger partial charge is 0.0587 e. The molecule has 102 valence electrons. The van der Waals surface area contributed by atoms with Crippen LogP contribution in [0.25, 0.3) is 0 Å². The molecule has 0 saturated carbocycles. The SMILES string of the molecule is CNC(c1ccsc1)c1c(C)c(C)c(C)c(C)c1C. The highest BCUT2D eigenvalue weighted by molar-refractivity contribution is 7.08. The van der Waals surface area contributed by atoms with Crippen LogP contribution in [-0.2, 0) is 0 Å². The molecule has 0 spiro atoms. The molecule has 1 atom stereocenters. The van der Waals surface area contributed by atoms with E-state index in [4.69, 9.17) is 0 Å². The van der Waals surface area contributed by atoms with Crippen molar-refractivity contribution in [1.29, 1.82) is 0 Å². The number of benzene rings is 1. The van der Waals surface area contributed by atoms with Crippen molar-refractivity contribution in [3.05, 3.63) is 55.8 Å². The molecule has 0 amide bonds. The minimum Gasteiger partial charge on any atom is -0.309 e. The minimum atomic E-state index is 0.296. The summed E-state index contributed by atoms with van der Waals surface area (Å²) in [6.07, 6.45) is 0. The fourth-order valence-corrected chi connectivity index (χ4v) is 3.56. The van der Waals surface area contributed by atoms with Crippen molar-refractivity contribution in [2.75, 3.05) is 7.05 Å². The van der Waals surface area contributed by atoms with Gasteiger partial charge in [-0.25, -0.2) is 0 Å². The van der Waals surface area contributed by atoms with Crippen LogP contribution in [0.2, 0.25) is 0 Å². The Morgan fingerprint density at radius 3 is 1.84 bits per heavy atom. The Bertz CT molecular complexity index is 553. The van der Waals surface area contributed by atoms with Crippen molar-refractivity contribution >= 4 is 11.3 Å². The van der Waals surface area contributed by atoms with Crippen LogP contribution in [0.5, 0.6) is 0 Å². The molecule has 1 nitrogen and oxygen atoms in total. The lowest BCUT2D eigenvalue weighted by molar-refractivity contribution is 0.683. The van der Waals surface area contributed by atoms with Crippen molar-refractivity contribution < 1.29 is 0 Å². The van der Waals surface area contributed by atoms with E-state index in [0.29, 0.717) is 6.04 Å². The third-order valence-corrected chi connectivity index (χ3v) is 5.21. The third-order valence-electron chi connectivity index (χ3n) is 4.51. The summed E-state index contributed by atoms with van der Waals surface area (Å²) in [7, 11) is 2.05. The summed E-state index contributed by atoms with van der Waals surface area (Å²) >= 11 is 1.76. The van der Waals surface area contributed by atoms with Crippen LogP contribution in [0, 0.1) is 34.6 Å². The van der Waals surface area contributed by atoms with Gasteiger partial charge in [-0.3, -0.25) is 0 Å². The minimum absolute atomic E-state index is 0.296. The fraction of sp³-hybridized carbons (Fsp3) is 0.412. The molecule has 0 aliphatic rings. The van der Waals surface area contributed by atoms with Gasteiger partial charge in [0.15, 0.2) is 0 Å². The molecule has 0 aliphatic carbocycles. The predicted octanol–water partition coefficient (Wildman–Crippen LogP) is 4.60. The normalized spacial score (nSPS) is 12.7. The Morgan fingerprint density at radius 2 is 1.42 bits per heavy atom. The second kappa shape index (κ2) is 5.48. The standard InChI is InChI=1S/C17H23NS/c1-10-11(2)13(4)16(14(5)12(10)3)17(18-6)15-7-8-19-9-15/h7-9,17-18H,1-6H3. The highest BCUT2D eigenvalue weighted by atomic mass is 32.1. The van der Waals surface area contributed by atoms with Gasteiger partial charge in [-0.05, 0) is 97.4 Å². The van der Waals surface area contributed by atoms with E-state index in [2.05, 4.69) is 56.8 Å². The second-order valence-electron chi connectivity index (χ2n) is 5.32. The van der Waals surface area contributed by atoms with Crippen molar-refractivity contribution in [2.24, 2.45) is 0 Å².